The average Bonchev–Trinajstić information content (AvgIpc) is 2.93. The SMILES string of the molecule is Cc1cc(CN2Cc3ccnn3CC[C@H]2CO)n(C)n1. The molecule has 0 unspecified atom stereocenters. The summed E-state index contributed by atoms with van der Waals surface area (Å²) in [6, 6.07) is 4.34. The normalized spacial score (nSPS) is 19.9. The van der Waals surface area contributed by atoms with Crippen LogP contribution in [0.5, 0.6) is 0 Å². The van der Waals surface area contributed by atoms with Gasteiger partial charge < -0.3 is 5.11 Å². The Labute approximate surface area is 118 Å². The van der Waals surface area contributed by atoms with E-state index in [9.17, 15) is 5.11 Å². The zero-order valence-corrected chi connectivity index (χ0v) is 12.0. The topological polar surface area (TPSA) is 59.1 Å². The van der Waals surface area contributed by atoms with E-state index < -0.39 is 0 Å². The standard InChI is InChI=1S/C14H21N5O/c1-11-7-14(17(2)16-11)9-18-8-12-3-5-15-19(12)6-4-13(18)10-20/h3,5,7,13,20H,4,6,8-10H2,1-2H3/t13-/m0/s1. The van der Waals surface area contributed by atoms with Gasteiger partial charge in [0.2, 0.25) is 0 Å². The van der Waals surface area contributed by atoms with Gasteiger partial charge in [0.25, 0.3) is 0 Å². The molecular weight excluding hydrogens is 254 g/mol. The highest BCUT2D eigenvalue weighted by atomic mass is 16.3. The van der Waals surface area contributed by atoms with Gasteiger partial charge in [-0.3, -0.25) is 14.3 Å². The number of aliphatic hydroxyl groups is 1. The van der Waals surface area contributed by atoms with E-state index >= 15 is 0 Å². The second kappa shape index (κ2) is 5.38. The van der Waals surface area contributed by atoms with Gasteiger partial charge in [-0.1, -0.05) is 0 Å². The van der Waals surface area contributed by atoms with E-state index in [2.05, 4.69) is 27.2 Å². The van der Waals surface area contributed by atoms with Crippen molar-refractivity contribution in [3.8, 4) is 0 Å². The lowest BCUT2D eigenvalue weighted by Gasteiger charge is -2.27. The fraction of sp³-hybridized carbons (Fsp3) is 0.571. The Morgan fingerprint density at radius 3 is 3.00 bits per heavy atom. The van der Waals surface area contributed by atoms with Gasteiger partial charge in [0.15, 0.2) is 0 Å². The predicted molar refractivity (Wildman–Crippen MR) is 74.9 cm³/mol. The molecule has 0 fully saturated rings. The number of nitrogens with zero attached hydrogens (tertiary/aromatic N) is 5. The molecule has 3 rings (SSSR count). The molecule has 108 valence electrons. The molecule has 6 heteroatoms. The molecule has 0 aromatic carbocycles. The van der Waals surface area contributed by atoms with Crippen LogP contribution in [0.1, 0.15) is 23.5 Å². The van der Waals surface area contributed by atoms with Crippen molar-refractivity contribution in [2.24, 2.45) is 7.05 Å². The maximum atomic E-state index is 9.66. The molecule has 1 aliphatic rings. The molecule has 0 spiro atoms. The molecule has 0 aliphatic carbocycles. The van der Waals surface area contributed by atoms with Crippen molar-refractivity contribution in [3.63, 3.8) is 0 Å². The summed E-state index contributed by atoms with van der Waals surface area (Å²) in [4.78, 5) is 2.32. The molecule has 0 bridgehead atoms. The molecular formula is C14H21N5O. The number of rotatable bonds is 3. The number of aromatic nitrogens is 4. The van der Waals surface area contributed by atoms with E-state index in [1.807, 2.05) is 29.5 Å². The lowest BCUT2D eigenvalue weighted by atomic mass is 10.2. The highest BCUT2D eigenvalue weighted by Gasteiger charge is 2.24. The second-order valence-electron chi connectivity index (χ2n) is 5.48. The zero-order valence-electron chi connectivity index (χ0n) is 12.0. The summed E-state index contributed by atoms with van der Waals surface area (Å²) >= 11 is 0. The van der Waals surface area contributed by atoms with Gasteiger partial charge in [0.1, 0.15) is 0 Å². The summed E-state index contributed by atoms with van der Waals surface area (Å²) in [5.74, 6) is 0. The molecule has 1 N–H and O–H groups in total. The monoisotopic (exact) mass is 275 g/mol. The summed E-state index contributed by atoms with van der Waals surface area (Å²) in [5.41, 5.74) is 3.41. The molecule has 0 amide bonds. The van der Waals surface area contributed by atoms with Gasteiger partial charge in [0, 0.05) is 38.9 Å². The van der Waals surface area contributed by atoms with Crippen LogP contribution in [0.2, 0.25) is 0 Å². The molecule has 2 aromatic rings. The number of aliphatic hydroxyl groups excluding tert-OH is 1. The molecule has 0 saturated heterocycles. The van der Waals surface area contributed by atoms with Crippen LogP contribution in [0.3, 0.4) is 0 Å². The molecule has 1 aliphatic heterocycles. The predicted octanol–water partition coefficient (Wildman–Crippen LogP) is 0.692. The summed E-state index contributed by atoms with van der Waals surface area (Å²) in [6.07, 6.45) is 2.77. The van der Waals surface area contributed by atoms with Gasteiger partial charge in [-0.05, 0) is 25.5 Å². The van der Waals surface area contributed by atoms with Gasteiger partial charge in [-0.15, -0.1) is 0 Å². The van der Waals surface area contributed by atoms with Gasteiger partial charge >= 0.3 is 0 Å². The first kappa shape index (κ1) is 13.3. The average molecular weight is 275 g/mol. The first-order valence-electron chi connectivity index (χ1n) is 7.02. The van der Waals surface area contributed by atoms with Crippen LogP contribution in [0.4, 0.5) is 0 Å². The Kier molecular flexibility index (Phi) is 3.58. The number of fused-ring (bicyclic) bond motifs is 1. The lowest BCUT2D eigenvalue weighted by Crippen LogP contribution is -2.36. The number of hydrogen-bond donors (Lipinski definition) is 1. The van der Waals surface area contributed by atoms with Gasteiger partial charge in [0.05, 0.1) is 23.7 Å². The quantitative estimate of drug-likeness (QED) is 0.895. The van der Waals surface area contributed by atoms with Gasteiger partial charge in [-0.2, -0.15) is 10.2 Å². The molecule has 0 radical (unpaired) electrons. The van der Waals surface area contributed by atoms with Crippen molar-refractivity contribution < 1.29 is 5.11 Å². The minimum absolute atomic E-state index is 0.173. The second-order valence-corrected chi connectivity index (χ2v) is 5.48. The van der Waals surface area contributed by atoms with Crippen LogP contribution in [-0.2, 0) is 26.7 Å². The summed E-state index contributed by atoms with van der Waals surface area (Å²) in [6.45, 7) is 4.67. The van der Waals surface area contributed by atoms with E-state index in [0.29, 0.717) is 0 Å². The Bertz CT molecular complexity index is 588. The Morgan fingerprint density at radius 1 is 1.45 bits per heavy atom. The number of hydrogen-bond acceptors (Lipinski definition) is 4. The van der Waals surface area contributed by atoms with Crippen molar-refractivity contribution >= 4 is 0 Å². The maximum Gasteiger partial charge on any atom is 0.0597 e. The van der Waals surface area contributed by atoms with E-state index in [-0.39, 0.29) is 12.6 Å². The fourth-order valence-corrected chi connectivity index (χ4v) is 2.90. The van der Waals surface area contributed by atoms with Crippen molar-refractivity contribution in [2.75, 3.05) is 6.61 Å². The van der Waals surface area contributed by atoms with Gasteiger partial charge in [-0.25, -0.2) is 0 Å². The molecule has 0 saturated carbocycles. The zero-order chi connectivity index (χ0) is 14.1. The van der Waals surface area contributed by atoms with Crippen LogP contribution in [0, 0.1) is 6.92 Å². The Morgan fingerprint density at radius 2 is 2.30 bits per heavy atom. The van der Waals surface area contributed by atoms with E-state index in [4.69, 9.17) is 0 Å². The van der Waals surface area contributed by atoms with Crippen LogP contribution < -0.4 is 0 Å². The minimum Gasteiger partial charge on any atom is -0.395 e. The third-order valence-corrected chi connectivity index (χ3v) is 4.03. The van der Waals surface area contributed by atoms with Crippen LogP contribution in [-0.4, -0.2) is 42.2 Å². The lowest BCUT2D eigenvalue weighted by molar-refractivity contribution is 0.105. The summed E-state index contributed by atoms with van der Waals surface area (Å²) < 4.78 is 3.96. The largest absolute Gasteiger partial charge is 0.395 e. The molecule has 2 aromatic heterocycles. The Hall–Kier alpha value is -1.66. The molecule has 20 heavy (non-hydrogen) atoms. The van der Waals surface area contributed by atoms with Crippen molar-refractivity contribution in [1.82, 2.24) is 24.5 Å². The van der Waals surface area contributed by atoms with E-state index in [1.165, 1.54) is 11.4 Å². The van der Waals surface area contributed by atoms with E-state index in [0.717, 1.165) is 31.7 Å². The van der Waals surface area contributed by atoms with Crippen LogP contribution in [0.15, 0.2) is 18.3 Å². The molecule has 6 nitrogen and oxygen atoms in total. The number of aryl methyl sites for hydroxylation is 3. The summed E-state index contributed by atoms with van der Waals surface area (Å²) in [5, 5.41) is 18.4. The third kappa shape index (κ3) is 2.48. The Balaban J connectivity index is 1.83. The summed E-state index contributed by atoms with van der Waals surface area (Å²) in [7, 11) is 1.97. The highest BCUT2D eigenvalue weighted by Crippen LogP contribution is 2.19. The van der Waals surface area contributed by atoms with Crippen LogP contribution in [0.25, 0.3) is 0 Å². The molecule has 3 heterocycles. The van der Waals surface area contributed by atoms with Crippen molar-refractivity contribution in [3.05, 3.63) is 35.4 Å². The third-order valence-electron chi connectivity index (χ3n) is 4.03. The first-order valence-corrected chi connectivity index (χ1v) is 7.02. The van der Waals surface area contributed by atoms with Crippen molar-refractivity contribution in [2.45, 2.75) is 39.0 Å². The maximum absolute atomic E-state index is 9.66. The molecule has 1 atom stereocenters. The highest BCUT2D eigenvalue weighted by molar-refractivity contribution is 5.10. The smallest absolute Gasteiger partial charge is 0.0597 e. The van der Waals surface area contributed by atoms with Crippen molar-refractivity contribution in [1.29, 1.82) is 0 Å². The first-order chi connectivity index (χ1) is 9.67. The minimum atomic E-state index is 0.173. The fourth-order valence-electron chi connectivity index (χ4n) is 2.90. The van der Waals surface area contributed by atoms with Crippen LogP contribution >= 0.6 is 0 Å². The van der Waals surface area contributed by atoms with E-state index in [1.54, 1.807) is 0 Å².